The molecule has 1 N–H and O–H groups in total. The molecule has 1 atom stereocenters. The number of hydrogen-bond acceptors (Lipinski definition) is 4. The van der Waals surface area contributed by atoms with Crippen LogP contribution in [-0.4, -0.2) is 58.5 Å². The van der Waals surface area contributed by atoms with Crippen LogP contribution in [0.1, 0.15) is 27.6 Å². The highest BCUT2D eigenvalue weighted by atomic mass is 16.3. The SMILES string of the molecule is Cc1ccc(C(O)CN2CCN(C(=O)c3ccncc3)CC2)cc1. The van der Waals surface area contributed by atoms with Gasteiger partial charge in [-0.3, -0.25) is 14.7 Å². The van der Waals surface area contributed by atoms with Gasteiger partial charge in [0, 0.05) is 50.7 Å². The summed E-state index contributed by atoms with van der Waals surface area (Å²) in [5, 5.41) is 10.4. The lowest BCUT2D eigenvalue weighted by atomic mass is 10.1. The Morgan fingerprint density at radius 2 is 1.71 bits per heavy atom. The maximum atomic E-state index is 12.4. The van der Waals surface area contributed by atoms with Crippen LogP contribution in [0.3, 0.4) is 0 Å². The average Bonchev–Trinajstić information content (AvgIpc) is 2.63. The number of rotatable bonds is 4. The van der Waals surface area contributed by atoms with E-state index in [1.165, 1.54) is 5.56 Å². The predicted octanol–water partition coefficient (Wildman–Crippen LogP) is 1.88. The molecule has 1 fully saturated rings. The molecule has 5 nitrogen and oxygen atoms in total. The summed E-state index contributed by atoms with van der Waals surface area (Å²) in [5.74, 6) is 0.0520. The number of piperazine rings is 1. The summed E-state index contributed by atoms with van der Waals surface area (Å²) < 4.78 is 0. The summed E-state index contributed by atoms with van der Waals surface area (Å²) in [4.78, 5) is 20.4. The molecule has 0 spiro atoms. The quantitative estimate of drug-likeness (QED) is 0.932. The first kappa shape index (κ1) is 16.6. The van der Waals surface area contributed by atoms with Gasteiger partial charge in [-0.15, -0.1) is 0 Å². The van der Waals surface area contributed by atoms with Crippen molar-refractivity contribution in [2.24, 2.45) is 0 Å². The van der Waals surface area contributed by atoms with Crippen LogP contribution in [0.15, 0.2) is 48.8 Å². The molecule has 1 saturated heterocycles. The molecule has 0 aliphatic carbocycles. The van der Waals surface area contributed by atoms with Crippen molar-refractivity contribution in [2.45, 2.75) is 13.0 Å². The Bertz CT molecular complexity index is 665. The van der Waals surface area contributed by atoms with Crippen LogP contribution in [-0.2, 0) is 0 Å². The molecule has 1 aromatic heterocycles. The Morgan fingerprint density at radius 3 is 2.33 bits per heavy atom. The summed E-state index contributed by atoms with van der Waals surface area (Å²) in [7, 11) is 0. The molecule has 2 heterocycles. The molecule has 1 aliphatic heterocycles. The molecule has 1 amide bonds. The number of carbonyl (C=O) groups excluding carboxylic acids is 1. The predicted molar refractivity (Wildman–Crippen MR) is 92.7 cm³/mol. The van der Waals surface area contributed by atoms with Gasteiger partial charge in [0.05, 0.1) is 6.10 Å². The zero-order valence-electron chi connectivity index (χ0n) is 13.9. The van der Waals surface area contributed by atoms with E-state index in [1.54, 1.807) is 24.5 Å². The molecule has 24 heavy (non-hydrogen) atoms. The highest BCUT2D eigenvalue weighted by Crippen LogP contribution is 2.16. The van der Waals surface area contributed by atoms with E-state index in [4.69, 9.17) is 0 Å². The lowest BCUT2D eigenvalue weighted by Crippen LogP contribution is -2.49. The molecular formula is C19H23N3O2. The van der Waals surface area contributed by atoms with Crippen LogP contribution in [0.25, 0.3) is 0 Å². The molecule has 126 valence electrons. The minimum Gasteiger partial charge on any atom is -0.387 e. The second-order valence-electron chi connectivity index (χ2n) is 6.26. The maximum Gasteiger partial charge on any atom is 0.254 e. The number of aryl methyl sites for hydroxylation is 1. The van der Waals surface area contributed by atoms with Gasteiger partial charge in [0.1, 0.15) is 0 Å². The first-order valence-electron chi connectivity index (χ1n) is 8.30. The fourth-order valence-electron chi connectivity index (χ4n) is 2.95. The number of aliphatic hydroxyl groups excluding tert-OH is 1. The number of aliphatic hydroxyl groups is 1. The van der Waals surface area contributed by atoms with Crippen molar-refractivity contribution in [3.05, 3.63) is 65.5 Å². The zero-order chi connectivity index (χ0) is 16.9. The number of carbonyl (C=O) groups is 1. The lowest BCUT2D eigenvalue weighted by molar-refractivity contribution is 0.0527. The highest BCUT2D eigenvalue weighted by Gasteiger charge is 2.23. The molecule has 0 bridgehead atoms. The molecule has 1 unspecified atom stereocenters. The minimum atomic E-state index is -0.493. The van der Waals surface area contributed by atoms with Gasteiger partial charge in [-0.1, -0.05) is 29.8 Å². The van der Waals surface area contributed by atoms with Crippen LogP contribution in [0.5, 0.6) is 0 Å². The molecule has 1 aromatic carbocycles. The molecule has 5 heteroatoms. The number of hydrogen-bond donors (Lipinski definition) is 1. The molecule has 2 aromatic rings. The number of pyridine rings is 1. The van der Waals surface area contributed by atoms with Crippen molar-refractivity contribution in [1.29, 1.82) is 0 Å². The van der Waals surface area contributed by atoms with Crippen LogP contribution < -0.4 is 0 Å². The summed E-state index contributed by atoms with van der Waals surface area (Å²) in [5.41, 5.74) is 2.81. The van der Waals surface area contributed by atoms with E-state index in [1.807, 2.05) is 36.1 Å². The maximum absolute atomic E-state index is 12.4. The average molecular weight is 325 g/mol. The first-order chi connectivity index (χ1) is 11.6. The number of β-amino-alcohol motifs (C(OH)–C–C–N with tert-alkyl or cyclic N) is 1. The van der Waals surface area contributed by atoms with Gasteiger partial charge in [0.25, 0.3) is 5.91 Å². The van der Waals surface area contributed by atoms with Gasteiger partial charge in [-0.05, 0) is 24.6 Å². The number of aromatic nitrogens is 1. The Morgan fingerprint density at radius 1 is 1.08 bits per heavy atom. The van der Waals surface area contributed by atoms with Gasteiger partial charge in [-0.25, -0.2) is 0 Å². The van der Waals surface area contributed by atoms with E-state index in [2.05, 4.69) is 9.88 Å². The Kier molecular flexibility index (Phi) is 5.23. The summed E-state index contributed by atoms with van der Waals surface area (Å²) in [6.45, 7) is 5.55. The van der Waals surface area contributed by atoms with Crippen molar-refractivity contribution in [3.8, 4) is 0 Å². The van der Waals surface area contributed by atoms with Crippen molar-refractivity contribution in [3.63, 3.8) is 0 Å². The van der Waals surface area contributed by atoms with Crippen molar-refractivity contribution < 1.29 is 9.90 Å². The van der Waals surface area contributed by atoms with Gasteiger partial charge >= 0.3 is 0 Å². The largest absolute Gasteiger partial charge is 0.387 e. The molecule has 0 saturated carbocycles. The van der Waals surface area contributed by atoms with Gasteiger partial charge in [-0.2, -0.15) is 0 Å². The number of nitrogens with zero attached hydrogens (tertiary/aromatic N) is 3. The van der Waals surface area contributed by atoms with E-state index >= 15 is 0 Å². The van der Waals surface area contributed by atoms with Crippen molar-refractivity contribution in [2.75, 3.05) is 32.7 Å². The molecular weight excluding hydrogens is 302 g/mol. The van der Waals surface area contributed by atoms with Crippen molar-refractivity contribution >= 4 is 5.91 Å². The van der Waals surface area contributed by atoms with Crippen LogP contribution in [0.4, 0.5) is 0 Å². The molecule has 1 aliphatic rings. The third-order valence-electron chi connectivity index (χ3n) is 4.48. The Balaban J connectivity index is 1.52. The van der Waals surface area contributed by atoms with Gasteiger partial charge < -0.3 is 10.0 Å². The van der Waals surface area contributed by atoms with Crippen LogP contribution in [0.2, 0.25) is 0 Å². The lowest BCUT2D eigenvalue weighted by Gasteiger charge is -2.35. The fourth-order valence-corrected chi connectivity index (χ4v) is 2.95. The van der Waals surface area contributed by atoms with E-state index < -0.39 is 6.10 Å². The second-order valence-corrected chi connectivity index (χ2v) is 6.26. The van der Waals surface area contributed by atoms with Crippen molar-refractivity contribution in [1.82, 2.24) is 14.8 Å². The van der Waals surface area contributed by atoms with E-state index in [9.17, 15) is 9.90 Å². The third kappa shape index (κ3) is 3.99. The normalized spacial score (nSPS) is 16.8. The number of benzene rings is 1. The Hall–Kier alpha value is -2.24. The molecule has 3 rings (SSSR count). The monoisotopic (exact) mass is 325 g/mol. The number of amides is 1. The fraction of sp³-hybridized carbons (Fsp3) is 0.368. The molecule has 0 radical (unpaired) electrons. The standard InChI is InChI=1S/C19H23N3O2/c1-15-2-4-16(5-3-15)18(23)14-21-10-12-22(13-11-21)19(24)17-6-8-20-9-7-17/h2-9,18,23H,10-14H2,1H3. The highest BCUT2D eigenvalue weighted by molar-refractivity contribution is 5.94. The zero-order valence-corrected chi connectivity index (χ0v) is 13.9. The van der Waals surface area contributed by atoms with Gasteiger partial charge in [0.2, 0.25) is 0 Å². The first-order valence-corrected chi connectivity index (χ1v) is 8.30. The Labute approximate surface area is 142 Å². The topological polar surface area (TPSA) is 56.7 Å². The summed E-state index contributed by atoms with van der Waals surface area (Å²) in [6, 6.07) is 11.5. The van der Waals surface area contributed by atoms with E-state index in [0.29, 0.717) is 25.2 Å². The second kappa shape index (κ2) is 7.55. The van der Waals surface area contributed by atoms with E-state index in [-0.39, 0.29) is 5.91 Å². The smallest absolute Gasteiger partial charge is 0.254 e. The van der Waals surface area contributed by atoms with E-state index in [0.717, 1.165) is 18.7 Å². The van der Waals surface area contributed by atoms with Crippen LogP contribution in [0, 0.1) is 6.92 Å². The minimum absolute atomic E-state index is 0.0520. The van der Waals surface area contributed by atoms with Crippen LogP contribution >= 0.6 is 0 Å². The third-order valence-corrected chi connectivity index (χ3v) is 4.48. The van der Waals surface area contributed by atoms with Gasteiger partial charge in [0.15, 0.2) is 0 Å². The summed E-state index contributed by atoms with van der Waals surface area (Å²) in [6.07, 6.45) is 2.79. The summed E-state index contributed by atoms with van der Waals surface area (Å²) >= 11 is 0.